The third-order valence-electron chi connectivity index (χ3n) is 3.80. The van der Waals surface area contributed by atoms with Crippen molar-refractivity contribution in [1.29, 1.82) is 0 Å². The number of pyridine rings is 1. The molecule has 0 amide bonds. The highest BCUT2D eigenvalue weighted by Gasteiger charge is 2.17. The summed E-state index contributed by atoms with van der Waals surface area (Å²) in [6.07, 6.45) is 3.98. The van der Waals surface area contributed by atoms with E-state index in [0.29, 0.717) is 12.2 Å². The molecule has 2 aromatic rings. The van der Waals surface area contributed by atoms with E-state index in [1.165, 1.54) is 0 Å². The average molecular weight is 272 g/mol. The second-order valence-corrected chi connectivity index (χ2v) is 5.66. The fourth-order valence-electron chi connectivity index (χ4n) is 2.80. The molecule has 0 saturated carbocycles. The predicted molar refractivity (Wildman–Crippen MR) is 78.7 cm³/mol. The number of nitrogens with zero attached hydrogens (tertiary/aromatic N) is 3. The molecule has 0 spiro atoms. The molecular formula is C15H20N4O. The van der Waals surface area contributed by atoms with Gasteiger partial charge in [0.2, 0.25) is 0 Å². The van der Waals surface area contributed by atoms with Crippen LogP contribution in [0.4, 0.5) is 0 Å². The molecule has 1 fully saturated rings. The standard InChI is InChI=1S/C15H20N4O/c1-11-4-6-19-14(7-11)17-13(8-15(19)20)10-18-5-2-3-12(16)9-18/h4,6-8,12H,2-3,5,9-10,16H2,1H3/t12-/m1/s1. The molecule has 2 aromatic heterocycles. The molecule has 1 aliphatic heterocycles. The van der Waals surface area contributed by atoms with Crippen molar-refractivity contribution in [2.24, 2.45) is 5.73 Å². The molecule has 5 heteroatoms. The molecule has 0 bridgehead atoms. The summed E-state index contributed by atoms with van der Waals surface area (Å²) in [7, 11) is 0. The van der Waals surface area contributed by atoms with Crippen LogP contribution in [0, 0.1) is 6.92 Å². The van der Waals surface area contributed by atoms with E-state index in [0.717, 1.165) is 37.2 Å². The van der Waals surface area contributed by atoms with Crippen LogP contribution in [-0.4, -0.2) is 33.4 Å². The fraction of sp³-hybridized carbons (Fsp3) is 0.467. The molecule has 106 valence electrons. The first-order valence-corrected chi connectivity index (χ1v) is 7.09. The van der Waals surface area contributed by atoms with Crippen molar-refractivity contribution in [3.63, 3.8) is 0 Å². The molecule has 0 aliphatic carbocycles. The predicted octanol–water partition coefficient (Wildman–Crippen LogP) is 0.926. The lowest BCUT2D eigenvalue weighted by atomic mass is 10.1. The summed E-state index contributed by atoms with van der Waals surface area (Å²) >= 11 is 0. The van der Waals surface area contributed by atoms with Gasteiger partial charge in [0.25, 0.3) is 5.56 Å². The SMILES string of the molecule is Cc1ccn2c(=O)cc(CN3CCC[C@@H](N)C3)nc2c1. The topological polar surface area (TPSA) is 63.6 Å². The third-order valence-corrected chi connectivity index (χ3v) is 3.80. The summed E-state index contributed by atoms with van der Waals surface area (Å²) in [5.41, 5.74) is 8.62. The Morgan fingerprint density at radius 1 is 1.45 bits per heavy atom. The number of aromatic nitrogens is 2. The van der Waals surface area contributed by atoms with E-state index in [-0.39, 0.29) is 11.6 Å². The van der Waals surface area contributed by atoms with Crippen molar-refractivity contribution in [3.05, 3.63) is 46.0 Å². The summed E-state index contributed by atoms with van der Waals surface area (Å²) in [5, 5.41) is 0. The van der Waals surface area contributed by atoms with Gasteiger partial charge in [0.05, 0.1) is 5.69 Å². The van der Waals surface area contributed by atoms with Crippen molar-refractivity contribution in [3.8, 4) is 0 Å². The number of likely N-dealkylation sites (tertiary alicyclic amines) is 1. The third kappa shape index (κ3) is 2.73. The van der Waals surface area contributed by atoms with Gasteiger partial charge in [0, 0.05) is 31.4 Å². The van der Waals surface area contributed by atoms with Crippen LogP contribution in [0.15, 0.2) is 29.2 Å². The van der Waals surface area contributed by atoms with E-state index in [1.54, 1.807) is 16.7 Å². The first-order chi connectivity index (χ1) is 9.61. The minimum absolute atomic E-state index is 0.0219. The monoisotopic (exact) mass is 272 g/mol. The molecule has 2 N–H and O–H groups in total. The number of aryl methyl sites for hydroxylation is 1. The fourth-order valence-corrected chi connectivity index (χ4v) is 2.80. The van der Waals surface area contributed by atoms with Crippen molar-refractivity contribution in [1.82, 2.24) is 14.3 Å². The molecule has 0 aromatic carbocycles. The van der Waals surface area contributed by atoms with Crippen molar-refractivity contribution in [2.75, 3.05) is 13.1 Å². The quantitative estimate of drug-likeness (QED) is 0.883. The van der Waals surface area contributed by atoms with Gasteiger partial charge in [0.15, 0.2) is 0 Å². The maximum atomic E-state index is 12.1. The summed E-state index contributed by atoms with van der Waals surface area (Å²) in [5.74, 6) is 0. The zero-order chi connectivity index (χ0) is 14.1. The summed E-state index contributed by atoms with van der Waals surface area (Å²) in [6.45, 7) is 4.62. The minimum Gasteiger partial charge on any atom is -0.327 e. The lowest BCUT2D eigenvalue weighted by Crippen LogP contribution is -2.42. The van der Waals surface area contributed by atoms with Crippen LogP contribution in [0.1, 0.15) is 24.1 Å². The molecule has 20 heavy (non-hydrogen) atoms. The van der Waals surface area contributed by atoms with Gasteiger partial charge in [-0.2, -0.15) is 0 Å². The number of rotatable bonds is 2. The highest BCUT2D eigenvalue weighted by atomic mass is 16.1. The molecule has 0 unspecified atom stereocenters. The van der Waals surface area contributed by atoms with Gasteiger partial charge in [0.1, 0.15) is 5.65 Å². The molecule has 0 radical (unpaired) electrons. The van der Waals surface area contributed by atoms with Gasteiger partial charge in [-0.15, -0.1) is 0 Å². The first-order valence-electron chi connectivity index (χ1n) is 7.09. The smallest absolute Gasteiger partial charge is 0.258 e. The van der Waals surface area contributed by atoms with E-state index in [2.05, 4.69) is 9.88 Å². The minimum atomic E-state index is -0.0219. The Morgan fingerprint density at radius 3 is 3.10 bits per heavy atom. The summed E-state index contributed by atoms with van der Waals surface area (Å²) in [4.78, 5) is 19.0. The zero-order valence-electron chi connectivity index (χ0n) is 11.7. The second-order valence-electron chi connectivity index (χ2n) is 5.66. The largest absolute Gasteiger partial charge is 0.327 e. The number of hydrogen-bond donors (Lipinski definition) is 1. The molecule has 5 nitrogen and oxygen atoms in total. The van der Waals surface area contributed by atoms with E-state index < -0.39 is 0 Å². The van der Waals surface area contributed by atoms with Gasteiger partial charge < -0.3 is 5.73 Å². The maximum absolute atomic E-state index is 12.1. The second kappa shape index (κ2) is 5.34. The van der Waals surface area contributed by atoms with Gasteiger partial charge in [-0.05, 0) is 44.0 Å². The van der Waals surface area contributed by atoms with Crippen LogP contribution in [0.3, 0.4) is 0 Å². The molecular weight excluding hydrogens is 252 g/mol. The summed E-state index contributed by atoms with van der Waals surface area (Å²) in [6, 6.07) is 5.72. The van der Waals surface area contributed by atoms with Crippen LogP contribution in [0.5, 0.6) is 0 Å². The highest BCUT2D eigenvalue weighted by Crippen LogP contribution is 2.11. The number of piperidine rings is 1. The van der Waals surface area contributed by atoms with Gasteiger partial charge >= 0.3 is 0 Å². The van der Waals surface area contributed by atoms with Crippen LogP contribution in [0.2, 0.25) is 0 Å². The number of nitrogens with two attached hydrogens (primary N) is 1. The Kier molecular flexibility index (Phi) is 3.54. The van der Waals surface area contributed by atoms with E-state index in [9.17, 15) is 4.79 Å². The van der Waals surface area contributed by atoms with Crippen molar-refractivity contribution < 1.29 is 0 Å². The molecule has 1 saturated heterocycles. The number of fused-ring (bicyclic) bond motifs is 1. The Hall–Kier alpha value is -1.72. The van der Waals surface area contributed by atoms with Crippen LogP contribution in [0.25, 0.3) is 5.65 Å². The summed E-state index contributed by atoms with van der Waals surface area (Å²) < 4.78 is 1.58. The Bertz CT molecular complexity index is 679. The molecule has 3 heterocycles. The number of hydrogen-bond acceptors (Lipinski definition) is 4. The lowest BCUT2D eigenvalue weighted by molar-refractivity contribution is 0.199. The normalized spacial score (nSPS) is 20.4. The van der Waals surface area contributed by atoms with Gasteiger partial charge in [-0.1, -0.05) is 0 Å². The highest BCUT2D eigenvalue weighted by molar-refractivity contribution is 5.41. The van der Waals surface area contributed by atoms with Gasteiger partial charge in [-0.25, -0.2) is 4.98 Å². The van der Waals surface area contributed by atoms with Crippen LogP contribution >= 0.6 is 0 Å². The first kappa shape index (κ1) is 13.3. The molecule has 3 rings (SSSR count). The Balaban J connectivity index is 1.90. The van der Waals surface area contributed by atoms with Crippen molar-refractivity contribution >= 4 is 5.65 Å². The molecule has 1 atom stereocenters. The average Bonchev–Trinajstić information content (AvgIpc) is 2.38. The molecule has 1 aliphatic rings. The Labute approximate surface area is 118 Å². The van der Waals surface area contributed by atoms with Gasteiger partial charge in [-0.3, -0.25) is 14.1 Å². The maximum Gasteiger partial charge on any atom is 0.258 e. The zero-order valence-corrected chi connectivity index (χ0v) is 11.7. The van der Waals surface area contributed by atoms with E-state index >= 15 is 0 Å². The lowest BCUT2D eigenvalue weighted by Gasteiger charge is -2.30. The van der Waals surface area contributed by atoms with E-state index in [1.807, 2.05) is 19.1 Å². The Morgan fingerprint density at radius 2 is 2.30 bits per heavy atom. The van der Waals surface area contributed by atoms with Crippen molar-refractivity contribution in [2.45, 2.75) is 32.4 Å². The van der Waals surface area contributed by atoms with Crippen LogP contribution < -0.4 is 11.3 Å². The van der Waals surface area contributed by atoms with Crippen LogP contribution in [-0.2, 0) is 6.54 Å². The van der Waals surface area contributed by atoms with E-state index in [4.69, 9.17) is 5.73 Å².